The van der Waals surface area contributed by atoms with Crippen molar-refractivity contribution in [1.82, 2.24) is 10.2 Å². The van der Waals surface area contributed by atoms with Crippen LogP contribution in [0.2, 0.25) is 0 Å². The summed E-state index contributed by atoms with van der Waals surface area (Å²) < 4.78 is 10.8. The molecular weight excluding hydrogens is 284 g/mol. The van der Waals surface area contributed by atoms with E-state index in [0.29, 0.717) is 32.6 Å². The topological polar surface area (TPSA) is 74.9 Å². The summed E-state index contributed by atoms with van der Waals surface area (Å²) in [4.78, 5) is 13.8. The lowest BCUT2D eigenvalue weighted by Gasteiger charge is -2.35. The summed E-state index contributed by atoms with van der Waals surface area (Å²) in [5.41, 5.74) is 0.124. The van der Waals surface area contributed by atoms with Gasteiger partial charge in [-0.1, -0.05) is 0 Å². The fourth-order valence-corrected chi connectivity index (χ4v) is 2.88. The van der Waals surface area contributed by atoms with Crippen molar-refractivity contribution in [3.63, 3.8) is 0 Å². The molecule has 2 N–H and O–H groups in total. The molecule has 0 saturated carbocycles. The predicted octanol–water partition coefficient (Wildman–Crippen LogP) is 2.14. The highest BCUT2D eigenvalue weighted by Gasteiger charge is 2.32. The number of nitrogens with one attached hydrogen (secondary N) is 1. The average molecular weight is 310 g/mol. The van der Waals surface area contributed by atoms with Crippen LogP contribution in [0.15, 0.2) is 10.5 Å². The second-order valence-electron chi connectivity index (χ2n) is 6.23. The van der Waals surface area contributed by atoms with Gasteiger partial charge >= 0.3 is 6.03 Å². The van der Waals surface area contributed by atoms with Crippen molar-refractivity contribution in [3.05, 3.63) is 23.2 Å². The number of carbonyl (C=O) groups excluding carboxylic acids is 1. The van der Waals surface area contributed by atoms with Crippen LogP contribution in [0.4, 0.5) is 4.79 Å². The van der Waals surface area contributed by atoms with Gasteiger partial charge in [0.1, 0.15) is 11.5 Å². The molecule has 6 heteroatoms. The third kappa shape index (κ3) is 4.01. The first-order chi connectivity index (χ1) is 10.3. The van der Waals surface area contributed by atoms with Crippen molar-refractivity contribution in [2.45, 2.75) is 45.3 Å². The van der Waals surface area contributed by atoms with Crippen LogP contribution in [0.3, 0.4) is 0 Å². The van der Waals surface area contributed by atoms with Gasteiger partial charge in [0.15, 0.2) is 0 Å². The van der Waals surface area contributed by atoms with E-state index in [2.05, 4.69) is 5.32 Å². The maximum Gasteiger partial charge on any atom is 0.317 e. The molecule has 124 valence electrons. The molecule has 1 aromatic heterocycles. The van der Waals surface area contributed by atoms with E-state index in [4.69, 9.17) is 9.15 Å². The number of amides is 2. The monoisotopic (exact) mass is 310 g/mol. The molecule has 1 aliphatic rings. The molecule has 6 nitrogen and oxygen atoms in total. The number of aryl methyl sites for hydroxylation is 2. The van der Waals surface area contributed by atoms with Crippen LogP contribution >= 0.6 is 0 Å². The van der Waals surface area contributed by atoms with Gasteiger partial charge in [-0.15, -0.1) is 0 Å². The molecule has 2 heterocycles. The minimum absolute atomic E-state index is 0.142. The number of likely N-dealkylation sites (N-methyl/N-ethyl adjacent to an activating group) is 1. The molecule has 0 radical (unpaired) electrons. The summed E-state index contributed by atoms with van der Waals surface area (Å²) >= 11 is 0. The van der Waals surface area contributed by atoms with E-state index in [-0.39, 0.29) is 12.1 Å². The molecule has 1 saturated heterocycles. The molecule has 0 spiro atoms. The fourth-order valence-electron chi connectivity index (χ4n) is 2.88. The number of rotatable bonds is 4. The SMILES string of the molecule is Cc1cc([C@@H](C)NC(=O)N(C)CC2(O)CCOCC2)c(C)o1. The van der Waals surface area contributed by atoms with Gasteiger partial charge in [-0.3, -0.25) is 0 Å². The van der Waals surface area contributed by atoms with Gasteiger partial charge in [-0.2, -0.15) is 0 Å². The lowest BCUT2D eigenvalue weighted by atomic mass is 9.94. The summed E-state index contributed by atoms with van der Waals surface area (Å²) in [5, 5.41) is 13.4. The van der Waals surface area contributed by atoms with Crippen LogP contribution < -0.4 is 5.32 Å². The second-order valence-corrected chi connectivity index (χ2v) is 6.23. The summed E-state index contributed by atoms with van der Waals surface area (Å²) in [6.45, 7) is 7.08. The molecule has 1 atom stereocenters. The Morgan fingerprint density at radius 3 is 2.64 bits per heavy atom. The van der Waals surface area contributed by atoms with E-state index in [1.54, 1.807) is 7.05 Å². The van der Waals surface area contributed by atoms with E-state index in [0.717, 1.165) is 17.1 Å². The molecule has 1 aliphatic heterocycles. The molecule has 22 heavy (non-hydrogen) atoms. The minimum Gasteiger partial charge on any atom is -0.466 e. The number of carbonyl (C=O) groups is 1. The van der Waals surface area contributed by atoms with Gasteiger partial charge < -0.3 is 24.5 Å². The number of hydrogen-bond donors (Lipinski definition) is 2. The largest absolute Gasteiger partial charge is 0.466 e. The Morgan fingerprint density at radius 2 is 2.09 bits per heavy atom. The van der Waals surface area contributed by atoms with Gasteiger partial charge in [0.2, 0.25) is 0 Å². The summed E-state index contributed by atoms with van der Waals surface area (Å²) in [6.07, 6.45) is 1.11. The first-order valence-electron chi connectivity index (χ1n) is 7.69. The number of ether oxygens (including phenoxy) is 1. The third-order valence-corrected chi connectivity index (χ3v) is 4.19. The quantitative estimate of drug-likeness (QED) is 0.893. The third-order valence-electron chi connectivity index (χ3n) is 4.19. The number of aliphatic hydroxyl groups is 1. The highest BCUT2D eigenvalue weighted by molar-refractivity contribution is 5.74. The van der Waals surface area contributed by atoms with Crippen LogP contribution in [0.1, 0.15) is 42.9 Å². The van der Waals surface area contributed by atoms with E-state index in [1.165, 1.54) is 4.90 Å². The van der Waals surface area contributed by atoms with E-state index >= 15 is 0 Å². The summed E-state index contributed by atoms with van der Waals surface area (Å²) in [7, 11) is 1.70. The Balaban J connectivity index is 1.92. The maximum absolute atomic E-state index is 12.3. The van der Waals surface area contributed by atoms with Crippen LogP contribution in [0, 0.1) is 13.8 Å². The summed E-state index contributed by atoms with van der Waals surface area (Å²) in [6, 6.07) is 1.59. The number of urea groups is 1. The highest BCUT2D eigenvalue weighted by Crippen LogP contribution is 2.23. The Hall–Kier alpha value is -1.53. The van der Waals surface area contributed by atoms with Gasteiger partial charge in [0, 0.05) is 38.7 Å². The Morgan fingerprint density at radius 1 is 1.45 bits per heavy atom. The van der Waals surface area contributed by atoms with Crippen molar-refractivity contribution in [1.29, 1.82) is 0 Å². The molecule has 1 aromatic rings. The lowest BCUT2D eigenvalue weighted by Crippen LogP contribution is -2.50. The molecule has 0 unspecified atom stereocenters. The van der Waals surface area contributed by atoms with E-state index < -0.39 is 5.60 Å². The van der Waals surface area contributed by atoms with Crippen LogP contribution in [-0.2, 0) is 4.74 Å². The van der Waals surface area contributed by atoms with E-state index in [9.17, 15) is 9.90 Å². The second kappa shape index (κ2) is 6.71. The first-order valence-corrected chi connectivity index (χ1v) is 7.69. The Bertz CT molecular complexity index is 520. The van der Waals surface area contributed by atoms with Crippen LogP contribution in [0.5, 0.6) is 0 Å². The van der Waals surface area contributed by atoms with Crippen LogP contribution in [0.25, 0.3) is 0 Å². The molecular formula is C16H26N2O4. The molecule has 0 bridgehead atoms. The standard InChI is InChI=1S/C16H26N2O4/c1-11-9-14(13(3)22-11)12(2)17-15(19)18(4)10-16(20)5-7-21-8-6-16/h9,12,20H,5-8,10H2,1-4H3,(H,17,19)/t12-/m1/s1. The first kappa shape index (κ1) is 16.8. The van der Waals surface area contributed by atoms with Gasteiger partial charge in [-0.05, 0) is 26.8 Å². The van der Waals surface area contributed by atoms with Crippen molar-refractivity contribution >= 4 is 6.03 Å². The Labute approximate surface area is 131 Å². The predicted molar refractivity (Wildman–Crippen MR) is 82.8 cm³/mol. The van der Waals surface area contributed by atoms with Crippen molar-refractivity contribution < 1.29 is 19.1 Å². The van der Waals surface area contributed by atoms with Gasteiger partial charge in [-0.25, -0.2) is 4.79 Å². The smallest absolute Gasteiger partial charge is 0.317 e. The maximum atomic E-state index is 12.3. The molecule has 0 aromatic carbocycles. The summed E-state index contributed by atoms with van der Waals surface area (Å²) in [5.74, 6) is 1.65. The number of hydrogen-bond acceptors (Lipinski definition) is 4. The average Bonchev–Trinajstić information content (AvgIpc) is 2.78. The highest BCUT2D eigenvalue weighted by atomic mass is 16.5. The minimum atomic E-state index is -0.851. The molecule has 1 fully saturated rings. The zero-order chi connectivity index (χ0) is 16.3. The lowest BCUT2D eigenvalue weighted by molar-refractivity contribution is -0.0723. The van der Waals surface area contributed by atoms with Gasteiger partial charge in [0.05, 0.1) is 18.2 Å². The number of furan rings is 1. The zero-order valence-corrected chi connectivity index (χ0v) is 13.8. The van der Waals surface area contributed by atoms with E-state index in [1.807, 2.05) is 26.8 Å². The zero-order valence-electron chi connectivity index (χ0n) is 13.8. The van der Waals surface area contributed by atoms with Crippen LogP contribution in [-0.4, -0.2) is 48.4 Å². The number of nitrogens with zero attached hydrogens (tertiary/aromatic N) is 1. The van der Waals surface area contributed by atoms with Crippen molar-refractivity contribution in [2.75, 3.05) is 26.8 Å². The normalized spacial score (nSPS) is 18.8. The molecule has 0 aliphatic carbocycles. The van der Waals surface area contributed by atoms with Crippen molar-refractivity contribution in [2.24, 2.45) is 0 Å². The van der Waals surface area contributed by atoms with Gasteiger partial charge in [0.25, 0.3) is 0 Å². The molecule has 2 amide bonds. The molecule has 2 rings (SSSR count). The fraction of sp³-hybridized carbons (Fsp3) is 0.688. The van der Waals surface area contributed by atoms with Crippen molar-refractivity contribution in [3.8, 4) is 0 Å². The Kier molecular flexibility index (Phi) is 5.13.